The van der Waals surface area contributed by atoms with E-state index in [0.717, 1.165) is 3.97 Å². The number of hydrogen-bond acceptors (Lipinski definition) is 5. The van der Waals surface area contributed by atoms with Crippen molar-refractivity contribution in [3.05, 3.63) is 120 Å². The first-order valence-electron chi connectivity index (χ1n) is 11.7. The molecule has 1 aromatic heterocycles. The number of alkyl halides is 3. The fraction of sp³-hybridized carbons (Fsp3) is 0.143. The van der Waals surface area contributed by atoms with Gasteiger partial charge in [0.1, 0.15) is 5.76 Å². The fourth-order valence-electron chi connectivity index (χ4n) is 4.79. The number of halogens is 3. The van der Waals surface area contributed by atoms with Crippen LogP contribution in [0.25, 0.3) is 16.5 Å². The average molecular weight is 574 g/mol. The van der Waals surface area contributed by atoms with Gasteiger partial charge >= 0.3 is 15.6 Å². The molecule has 0 fully saturated rings. The Balaban J connectivity index is 1.67. The van der Waals surface area contributed by atoms with Crippen LogP contribution in [0, 0.1) is 5.41 Å². The van der Waals surface area contributed by atoms with Gasteiger partial charge in [-0.25, -0.2) is 12.4 Å². The van der Waals surface area contributed by atoms with Gasteiger partial charge < -0.3 is 4.18 Å². The third-order valence-corrected chi connectivity index (χ3v) is 9.35. The molecule has 3 aromatic carbocycles. The number of nitrogens with zero attached hydrogens (tertiary/aromatic N) is 1. The predicted octanol–water partition coefficient (Wildman–Crippen LogP) is 6.27. The molecular formula is C28H22F3NO5S2. The summed E-state index contributed by atoms with van der Waals surface area (Å²) < 4.78 is 96.8. The summed E-state index contributed by atoms with van der Waals surface area (Å²) in [5, 5.41) is 0.524. The molecule has 0 radical (unpaired) electrons. The molecule has 1 unspecified atom stereocenters. The molecule has 0 saturated heterocycles. The van der Waals surface area contributed by atoms with Crippen molar-refractivity contribution >= 4 is 36.6 Å². The van der Waals surface area contributed by atoms with E-state index in [0.29, 0.717) is 27.6 Å². The van der Waals surface area contributed by atoms with Gasteiger partial charge in [0.25, 0.3) is 10.0 Å². The quantitative estimate of drug-likeness (QED) is 0.192. The second-order valence-electron chi connectivity index (χ2n) is 9.26. The summed E-state index contributed by atoms with van der Waals surface area (Å²) in [7, 11) is -9.98. The van der Waals surface area contributed by atoms with E-state index in [-0.39, 0.29) is 11.3 Å². The molecular weight excluding hydrogens is 551 g/mol. The molecule has 0 spiro atoms. The highest BCUT2D eigenvalue weighted by Crippen LogP contribution is 2.51. The van der Waals surface area contributed by atoms with Crippen LogP contribution in [0.15, 0.2) is 114 Å². The lowest BCUT2D eigenvalue weighted by Crippen LogP contribution is -2.30. The lowest BCUT2D eigenvalue weighted by atomic mass is 9.75. The monoisotopic (exact) mass is 573 g/mol. The molecule has 0 N–H and O–H groups in total. The molecule has 1 aliphatic rings. The van der Waals surface area contributed by atoms with Crippen LogP contribution in [0.3, 0.4) is 0 Å². The van der Waals surface area contributed by atoms with E-state index in [2.05, 4.69) is 4.18 Å². The standard InChI is InChI=1S/C28H22F3NO5S2/c1-27(18-20-10-4-2-5-11-20)24(16-17-26(27)37-39(35,36)28(29,30)31)23-19-32(25-15-9-8-14-22(23)25)38(33,34)21-12-6-3-7-13-21/h2-17,19H,18H2,1H3. The molecule has 1 heterocycles. The Labute approximate surface area is 223 Å². The Hall–Kier alpha value is -3.83. The van der Waals surface area contributed by atoms with Gasteiger partial charge in [-0.2, -0.15) is 21.6 Å². The maximum Gasteiger partial charge on any atom is 0.534 e. The fourth-order valence-corrected chi connectivity index (χ4v) is 6.75. The lowest BCUT2D eigenvalue weighted by molar-refractivity contribution is -0.0528. The number of fused-ring (bicyclic) bond motifs is 1. The van der Waals surface area contributed by atoms with Crippen molar-refractivity contribution < 1.29 is 34.2 Å². The molecule has 39 heavy (non-hydrogen) atoms. The Kier molecular flexibility index (Phi) is 6.47. The zero-order valence-corrected chi connectivity index (χ0v) is 22.1. The van der Waals surface area contributed by atoms with Gasteiger partial charge in [-0.05, 0) is 48.8 Å². The Morgan fingerprint density at radius 1 is 0.821 bits per heavy atom. The van der Waals surface area contributed by atoms with Crippen molar-refractivity contribution in [3.8, 4) is 0 Å². The van der Waals surface area contributed by atoms with E-state index >= 15 is 0 Å². The third-order valence-electron chi connectivity index (χ3n) is 6.69. The molecule has 5 rings (SSSR count). The lowest BCUT2D eigenvalue weighted by Gasteiger charge is -2.31. The minimum Gasteiger partial charge on any atom is -0.380 e. The number of rotatable bonds is 7. The van der Waals surface area contributed by atoms with Crippen LogP contribution in [-0.2, 0) is 30.7 Å². The average Bonchev–Trinajstić information content (AvgIpc) is 3.42. The Morgan fingerprint density at radius 3 is 2.05 bits per heavy atom. The Morgan fingerprint density at radius 2 is 1.41 bits per heavy atom. The highest BCUT2D eigenvalue weighted by atomic mass is 32.2. The van der Waals surface area contributed by atoms with Crippen LogP contribution in [0.2, 0.25) is 0 Å². The van der Waals surface area contributed by atoms with Crippen molar-refractivity contribution in [1.29, 1.82) is 0 Å². The van der Waals surface area contributed by atoms with Gasteiger partial charge in [-0.1, -0.05) is 72.8 Å². The zero-order valence-electron chi connectivity index (χ0n) is 20.5. The molecule has 202 valence electrons. The maximum absolute atomic E-state index is 13.6. The number of para-hydroxylation sites is 1. The van der Waals surface area contributed by atoms with Crippen molar-refractivity contribution in [2.75, 3.05) is 0 Å². The smallest absolute Gasteiger partial charge is 0.380 e. The number of hydrogen-bond donors (Lipinski definition) is 0. The van der Waals surface area contributed by atoms with Crippen LogP contribution in [0.5, 0.6) is 0 Å². The molecule has 0 saturated carbocycles. The second kappa shape index (κ2) is 9.42. The summed E-state index contributed by atoms with van der Waals surface area (Å²) in [6, 6.07) is 23.4. The molecule has 0 amide bonds. The summed E-state index contributed by atoms with van der Waals surface area (Å²) in [6.45, 7) is 1.58. The van der Waals surface area contributed by atoms with Crippen LogP contribution >= 0.6 is 0 Å². The molecule has 1 atom stereocenters. The molecule has 0 aliphatic heterocycles. The normalized spacial score (nSPS) is 18.2. The van der Waals surface area contributed by atoms with Crippen LogP contribution in [0.1, 0.15) is 18.1 Å². The maximum atomic E-state index is 13.6. The van der Waals surface area contributed by atoms with E-state index in [1.54, 1.807) is 79.7 Å². The van der Waals surface area contributed by atoms with Gasteiger partial charge in [0.05, 0.1) is 15.8 Å². The van der Waals surface area contributed by atoms with E-state index < -0.39 is 36.8 Å². The zero-order chi connectivity index (χ0) is 28.1. The Bertz CT molecular complexity index is 1830. The predicted molar refractivity (Wildman–Crippen MR) is 141 cm³/mol. The first-order valence-corrected chi connectivity index (χ1v) is 14.6. The van der Waals surface area contributed by atoms with Crippen molar-refractivity contribution in [2.24, 2.45) is 5.41 Å². The third kappa shape index (κ3) is 4.65. The first-order chi connectivity index (χ1) is 18.3. The minimum atomic E-state index is -5.95. The molecule has 1 aliphatic carbocycles. The van der Waals surface area contributed by atoms with Crippen LogP contribution in [0.4, 0.5) is 13.2 Å². The molecule has 4 aromatic rings. The summed E-state index contributed by atoms with van der Waals surface area (Å²) in [5.74, 6) is -0.415. The van der Waals surface area contributed by atoms with E-state index in [1.807, 2.05) is 0 Å². The van der Waals surface area contributed by atoms with Crippen molar-refractivity contribution in [3.63, 3.8) is 0 Å². The van der Waals surface area contributed by atoms with Gasteiger partial charge in [0, 0.05) is 17.1 Å². The molecule has 11 heteroatoms. The van der Waals surface area contributed by atoms with Gasteiger partial charge in [0.2, 0.25) is 0 Å². The highest BCUT2D eigenvalue weighted by molar-refractivity contribution is 7.90. The van der Waals surface area contributed by atoms with Gasteiger partial charge in [-0.15, -0.1) is 0 Å². The summed E-state index contributed by atoms with van der Waals surface area (Å²) in [6.07, 6.45) is 4.17. The van der Waals surface area contributed by atoms with E-state index in [1.165, 1.54) is 30.5 Å². The van der Waals surface area contributed by atoms with Crippen molar-refractivity contribution in [1.82, 2.24) is 3.97 Å². The summed E-state index contributed by atoms with van der Waals surface area (Å²) in [4.78, 5) is 0.0585. The van der Waals surface area contributed by atoms with E-state index in [4.69, 9.17) is 0 Å². The number of benzene rings is 3. The first kappa shape index (κ1) is 26.8. The SMILES string of the molecule is CC1(Cc2ccccc2)C(OS(=O)(=O)C(F)(F)F)=CC=C1c1cn(S(=O)(=O)c2ccccc2)c2ccccc12. The van der Waals surface area contributed by atoms with Crippen LogP contribution < -0.4 is 0 Å². The topological polar surface area (TPSA) is 82.4 Å². The highest BCUT2D eigenvalue weighted by Gasteiger charge is 2.52. The van der Waals surface area contributed by atoms with Gasteiger partial charge in [0.15, 0.2) is 0 Å². The van der Waals surface area contributed by atoms with Crippen molar-refractivity contribution in [2.45, 2.75) is 23.7 Å². The molecule has 0 bridgehead atoms. The summed E-state index contributed by atoms with van der Waals surface area (Å²) in [5.41, 5.74) is -5.10. The van der Waals surface area contributed by atoms with Gasteiger partial charge in [-0.3, -0.25) is 0 Å². The number of allylic oxidation sites excluding steroid dienone is 3. The van der Waals surface area contributed by atoms with E-state index in [9.17, 15) is 30.0 Å². The van der Waals surface area contributed by atoms with Crippen LogP contribution in [-0.4, -0.2) is 26.3 Å². The molecule has 6 nitrogen and oxygen atoms in total. The minimum absolute atomic E-state index is 0.0585. The second-order valence-corrected chi connectivity index (χ2v) is 12.6. The number of aromatic nitrogens is 1. The largest absolute Gasteiger partial charge is 0.534 e. The summed E-state index contributed by atoms with van der Waals surface area (Å²) >= 11 is 0.